The van der Waals surface area contributed by atoms with E-state index in [0.29, 0.717) is 6.42 Å². The molecule has 0 spiro atoms. The molecule has 0 saturated heterocycles. The third-order valence-electron chi connectivity index (χ3n) is 2.81. The highest BCUT2D eigenvalue weighted by molar-refractivity contribution is 9.10. The van der Waals surface area contributed by atoms with Crippen LogP contribution in [0.25, 0.3) is 11.3 Å². The number of nitrogens with zero attached hydrogens (tertiary/aromatic N) is 2. The maximum atomic E-state index is 8.98. The minimum atomic E-state index is 0.116. The number of hydrogen-bond acceptors (Lipinski definition) is 2. The smallest absolute Gasteiger partial charge is 0.132 e. The van der Waals surface area contributed by atoms with Crippen molar-refractivity contribution in [3.05, 3.63) is 40.3 Å². The number of halogens is 1. The Morgan fingerprint density at radius 2 is 1.94 bits per heavy atom. The molecule has 0 aliphatic carbocycles. The largest absolute Gasteiger partial charge is 0.396 e. The fraction of sp³-hybridized carbons (Fsp3) is 0.308. The first-order valence-corrected chi connectivity index (χ1v) is 6.31. The fourth-order valence-corrected chi connectivity index (χ4v) is 2.56. The lowest BCUT2D eigenvalue weighted by Gasteiger charge is -2.06. The average molecular weight is 295 g/mol. The first kappa shape index (κ1) is 12.3. The number of aromatic nitrogens is 2. The molecule has 90 valence electrons. The van der Waals surface area contributed by atoms with Crippen LogP contribution in [0.3, 0.4) is 0 Å². The highest BCUT2D eigenvalue weighted by Crippen LogP contribution is 2.28. The van der Waals surface area contributed by atoms with E-state index in [1.807, 2.05) is 11.6 Å². The van der Waals surface area contributed by atoms with Gasteiger partial charge in [-0.1, -0.05) is 29.8 Å². The lowest BCUT2D eigenvalue weighted by molar-refractivity contribution is 0.295. The van der Waals surface area contributed by atoms with Gasteiger partial charge in [-0.05, 0) is 22.9 Å². The Morgan fingerprint density at radius 1 is 1.29 bits per heavy atom. The summed E-state index contributed by atoms with van der Waals surface area (Å²) in [6.45, 7) is 2.18. The van der Waals surface area contributed by atoms with Crippen LogP contribution in [0.4, 0.5) is 0 Å². The van der Waals surface area contributed by atoms with Crippen LogP contribution in [0.2, 0.25) is 0 Å². The van der Waals surface area contributed by atoms with Crippen LogP contribution in [0.1, 0.15) is 11.4 Å². The van der Waals surface area contributed by atoms with Crippen molar-refractivity contribution < 1.29 is 5.11 Å². The fourth-order valence-electron chi connectivity index (χ4n) is 1.86. The number of rotatable bonds is 3. The van der Waals surface area contributed by atoms with Crippen molar-refractivity contribution in [2.75, 3.05) is 6.61 Å². The highest BCUT2D eigenvalue weighted by Gasteiger charge is 2.13. The van der Waals surface area contributed by atoms with E-state index in [2.05, 4.69) is 52.1 Å². The molecule has 2 rings (SSSR count). The van der Waals surface area contributed by atoms with Crippen LogP contribution in [0.15, 0.2) is 28.9 Å². The average Bonchev–Trinajstić information content (AvgIpc) is 2.57. The zero-order chi connectivity index (χ0) is 12.4. The SMILES string of the molecule is Cc1ccc(-c2c(Br)nc(CCO)n2C)cc1. The van der Waals surface area contributed by atoms with E-state index in [0.717, 1.165) is 21.7 Å². The second-order valence-corrected chi connectivity index (χ2v) is 4.82. The topological polar surface area (TPSA) is 38.1 Å². The van der Waals surface area contributed by atoms with Gasteiger partial charge in [-0.25, -0.2) is 4.98 Å². The molecule has 0 aliphatic heterocycles. The zero-order valence-electron chi connectivity index (χ0n) is 9.94. The predicted molar refractivity (Wildman–Crippen MR) is 71.9 cm³/mol. The molecule has 0 atom stereocenters. The van der Waals surface area contributed by atoms with E-state index < -0.39 is 0 Å². The summed E-state index contributed by atoms with van der Waals surface area (Å²) in [5, 5.41) is 8.98. The Labute approximate surface area is 109 Å². The molecule has 1 N–H and O–H groups in total. The van der Waals surface area contributed by atoms with E-state index in [-0.39, 0.29) is 6.61 Å². The highest BCUT2D eigenvalue weighted by atomic mass is 79.9. The lowest BCUT2D eigenvalue weighted by Crippen LogP contribution is -2.02. The quantitative estimate of drug-likeness (QED) is 0.945. The second kappa shape index (κ2) is 5.02. The molecule has 0 fully saturated rings. The monoisotopic (exact) mass is 294 g/mol. The van der Waals surface area contributed by atoms with Crippen LogP contribution < -0.4 is 0 Å². The Balaban J connectivity index is 2.48. The molecule has 3 nitrogen and oxygen atoms in total. The third-order valence-corrected chi connectivity index (χ3v) is 3.36. The van der Waals surface area contributed by atoms with Crippen molar-refractivity contribution in [2.45, 2.75) is 13.3 Å². The molecule has 0 radical (unpaired) electrons. The van der Waals surface area contributed by atoms with Crippen molar-refractivity contribution in [3.8, 4) is 11.3 Å². The van der Waals surface area contributed by atoms with Gasteiger partial charge >= 0.3 is 0 Å². The Kier molecular flexibility index (Phi) is 3.64. The van der Waals surface area contributed by atoms with E-state index in [1.54, 1.807) is 0 Å². The molecular formula is C13H15BrN2O. The van der Waals surface area contributed by atoms with Crippen molar-refractivity contribution in [3.63, 3.8) is 0 Å². The van der Waals surface area contributed by atoms with Crippen LogP contribution in [-0.2, 0) is 13.5 Å². The standard InChI is InChI=1S/C13H15BrN2O/c1-9-3-5-10(6-4-9)12-13(14)15-11(7-8-17)16(12)2/h3-6,17H,7-8H2,1-2H3. The maximum absolute atomic E-state index is 8.98. The Morgan fingerprint density at radius 3 is 2.53 bits per heavy atom. The molecule has 1 heterocycles. The van der Waals surface area contributed by atoms with Gasteiger partial charge in [0, 0.05) is 19.0 Å². The summed E-state index contributed by atoms with van der Waals surface area (Å²) < 4.78 is 2.85. The molecule has 1 aromatic heterocycles. The van der Waals surface area contributed by atoms with Crippen molar-refractivity contribution in [1.82, 2.24) is 9.55 Å². The summed E-state index contributed by atoms with van der Waals surface area (Å²) >= 11 is 3.48. The summed E-state index contributed by atoms with van der Waals surface area (Å²) in [6, 6.07) is 8.33. The van der Waals surface area contributed by atoms with E-state index >= 15 is 0 Å². The summed E-state index contributed by atoms with van der Waals surface area (Å²) in [7, 11) is 1.97. The van der Waals surface area contributed by atoms with Crippen LogP contribution in [-0.4, -0.2) is 21.3 Å². The van der Waals surface area contributed by atoms with Gasteiger partial charge in [0.15, 0.2) is 0 Å². The number of aryl methyl sites for hydroxylation is 1. The lowest BCUT2D eigenvalue weighted by atomic mass is 10.1. The molecule has 2 aromatic rings. The van der Waals surface area contributed by atoms with Crippen molar-refractivity contribution in [1.29, 1.82) is 0 Å². The summed E-state index contributed by atoms with van der Waals surface area (Å²) in [6.07, 6.45) is 0.570. The molecule has 0 unspecified atom stereocenters. The molecule has 0 bridgehead atoms. The number of benzene rings is 1. The Hall–Kier alpha value is -1.13. The minimum Gasteiger partial charge on any atom is -0.396 e. The number of aliphatic hydroxyl groups is 1. The summed E-state index contributed by atoms with van der Waals surface area (Å²) in [4.78, 5) is 4.42. The first-order chi connectivity index (χ1) is 8.13. The molecule has 17 heavy (non-hydrogen) atoms. The van der Waals surface area contributed by atoms with Gasteiger partial charge in [-0.2, -0.15) is 0 Å². The van der Waals surface area contributed by atoms with Gasteiger partial charge in [-0.3, -0.25) is 0 Å². The minimum absolute atomic E-state index is 0.116. The number of imidazole rings is 1. The molecule has 4 heteroatoms. The second-order valence-electron chi connectivity index (χ2n) is 4.07. The maximum Gasteiger partial charge on any atom is 0.132 e. The van der Waals surface area contributed by atoms with E-state index in [9.17, 15) is 0 Å². The van der Waals surface area contributed by atoms with Crippen molar-refractivity contribution in [2.24, 2.45) is 7.05 Å². The number of hydrogen-bond donors (Lipinski definition) is 1. The molecule has 0 aliphatic rings. The van der Waals surface area contributed by atoms with Gasteiger partial charge in [0.2, 0.25) is 0 Å². The van der Waals surface area contributed by atoms with Gasteiger partial charge in [-0.15, -0.1) is 0 Å². The van der Waals surface area contributed by atoms with E-state index in [4.69, 9.17) is 5.11 Å². The van der Waals surface area contributed by atoms with E-state index in [1.165, 1.54) is 5.56 Å². The van der Waals surface area contributed by atoms with Crippen LogP contribution >= 0.6 is 15.9 Å². The Bertz CT molecular complexity index is 517. The van der Waals surface area contributed by atoms with Gasteiger partial charge in [0.05, 0.1) is 12.3 Å². The summed E-state index contributed by atoms with van der Waals surface area (Å²) in [5.41, 5.74) is 3.41. The van der Waals surface area contributed by atoms with Gasteiger partial charge < -0.3 is 9.67 Å². The van der Waals surface area contributed by atoms with Crippen LogP contribution in [0.5, 0.6) is 0 Å². The molecule has 0 amide bonds. The molecular weight excluding hydrogens is 280 g/mol. The molecule has 0 saturated carbocycles. The van der Waals surface area contributed by atoms with Gasteiger partial charge in [0.1, 0.15) is 10.4 Å². The third kappa shape index (κ3) is 2.42. The van der Waals surface area contributed by atoms with Crippen LogP contribution in [0, 0.1) is 6.92 Å². The first-order valence-electron chi connectivity index (χ1n) is 5.52. The predicted octanol–water partition coefficient (Wildman–Crippen LogP) is 2.69. The summed E-state index contributed by atoms with van der Waals surface area (Å²) in [5.74, 6) is 0.884. The van der Waals surface area contributed by atoms with Gasteiger partial charge in [0.25, 0.3) is 0 Å². The normalized spacial score (nSPS) is 10.8. The number of aliphatic hydroxyl groups excluding tert-OH is 1. The zero-order valence-corrected chi connectivity index (χ0v) is 11.5. The molecule has 1 aromatic carbocycles. The van der Waals surface area contributed by atoms with Crippen molar-refractivity contribution >= 4 is 15.9 Å².